The summed E-state index contributed by atoms with van der Waals surface area (Å²) in [5, 5.41) is 0.616. The van der Waals surface area contributed by atoms with E-state index in [0.29, 0.717) is 5.25 Å². The summed E-state index contributed by atoms with van der Waals surface area (Å²) >= 11 is 1.93. The average Bonchev–Trinajstić information content (AvgIpc) is 3.08. The molecule has 0 aliphatic carbocycles. The third kappa shape index (κ3) is 3.80. The van der Waals surface area contributed by atoms with E-state index in [1.54, 1.807) is 0 Å². The molecule has 1 aliphatic heterocycles. The third-order valence-electron chi connectivity index (χ3n) is 3.79. The van der Waals surface area contributed by atoms with Gasteiger partial charge in [0.2, 0.25) is 0 Å². The summed E-state index contributed by atoms with van der Waals surface area (Å²) in [6, 6.07) is 12.5. The lowest BCUT2D eigenvalue weighted by atomic mass is 10.2. The van der Waals surface area contributed by atoms with Crippen molar-refractivity contribution in [3.05, 3.63) is 42.1 Å². The zero-order valence-corrected chi connectivity index (χ0v) is 14.1. The monoisotopic (exact) mass is 313 g/mol. The van der Waals surface area contributed by atoms with Gasteiger partial charge in [0.25, 0.3) is 0 Å². The largest absolute Gasteiger partial charge is 0.356 e. The van der Waals surface area contributed by atoms with Crippen LogP contribution in [0.25, 0.3) is 11.4 Å². The molecular weight excluding hydrogens is 290 g/mol. The summed E-state index contributed by atoms with van der Waals surface area (Å²) in [4.78, 5) is 12.0. The van der Waals surface area contributed by atoms with E-state index >= 15 is 0 Å². The highest BCUT2D eigenvalue weighted by molar-refractivity contribution is 7.99. The van der Waals surface area contributed by atoms with E-state index in [1.165, 1.54) is 12.8 Å². The number of hydrogen-bond acceptors (Lipinski definition) is 4. The van der Waals surface area contributed by atoms with E-state index in [-0.39, 0.29) is 0 Å². The molecule has 3 rings (SSSR count). The molecule has 1 aliphatic rings. The maximum absolute atomic E-state index is 4.82. The fraction of sp³-hybridized carbons (Fsp3) is 0.444. The lowest BCUT2D eigenvalue weighted by Gasteiger charge is -2.18. The topological polar surface area (TPSA) is 29.0 Å². The van der Waals surface area contributed by atoms with Crippen molar-refractivity contribution in [1.82, 2.24) is 9.97 Å². The molecule has 0 amide bonds. The summed E-state index contributed by atoms with van der Waals surface area (Å²) in [7, 11) is 0. The SMILES string of the molecule is CC(C)SCc1cc(N2CCCC2)nc(-c2ccccc2)n1. The van der Waals surface area contributed by atoms with E-state index in [9.17, 15) is 0 Å². The van der Waals surface area contributed by atoms with Gasteiger partial charge in [-0.1, -0.05) is 44.2 Å². The van der Waals surface area contributed by atoms with Crippen LogP contribution in [0.15, 0.2) is 36.4 Å². The van der Waals surface area contributed by atoms with Crippen molar-refractivity contribution in [1.29, 1.82) is 0 Å². The van der Waals surface area contributed by atoms with Gasteiger partial charge >= 0.3 is 0 Å². The Morgan fingerprint density at radius 1 is 1.09 bits per heavy atom. The summed E-state index contributed by atoms with van der Waals surface area (Å²) in [5.74, 6) is 2.89. The number of hydrogen-bond donors (Lipinski definition) is 0. The molecular formula is C18H23N3S. The molecule has 1 fully saturated rings. The summed E-state index contributed by atoms with van der Waals surface area (Å²) in [6.07, 6.45) is 2.53. The Kier molecular flexibility index (Phi) is 4.98. The fourth-order valence-corrected chi connectivity index (χ4v) is 3.29. The first kappa shape index (κ1) is 15.3. The van der Waals surface area contributed by atoms with Crippen LogP contribution in [0.4, 0.5) is 5.82 Å². The van der Waals surface area contributed by atoms with Crippen LogP contribution in [0, 0.1) is 0 Å². The van der Waals surface area contributed by atoms with Crippen LogP contribution in [-0.2, 0) is 5.75 Å². The van der Waals surface area contributed by atoms with E-state index in [2.05, 4.69) is 36.9 Å². The summed E-state index contributed by atoms with van der Waals surface area (Å²) in [5.41, 5.74) is 2.23. The molecule has 0 atom stereocenters. The van der Waals surface area contributed by atoms with Crippen molar-refractivity contribution in [3.63, 3.8) is 0 Å². The number of nitrogens with zero attached hydrogens (tertiary/aromatic N) is 3. The van der Waals surface area contributed by atoms with E-state index in [0.717, 1.165) is 41.7 Å². The number of aromatic nitrogens is 2. The number of anilines is 1. The van der Waals surface area contributed by atoms with Crippen LogP contribution >= 0.6 is 11.8 Å². The summed E-state index contributed by atoms with van der Waals surface area (Å²) in [6.45, 7) is 6.68. The Labute approximate surface area is 137 Å². The first-order valence-corrected chi connectivity index (χ1v) is 9.07. The van der Waals surface area contributed by atoms with Crippen molar-refractivity contribution >= 4 is 17.6 Å². The van der Waals surface area contributed by atoms with Crippen LogP contribution in [0.1, 0.15) is 32.4 Å². The van der Waals surface area contributed by atoms with Gasteiger partial charge in [-0.2, -0.15) is 11.8 Å². The number of rotatable bonds is 5. The van der Waals surface area contributed by atoms with Gasteiger partial charge in [0.1, 0.15) is 5.82 Å². The molecule has 22 heavy (non-hydrogen) atoms. The number of benzene rings is 1. The first-order chi connectivity index (χ1) is 10.7. The molecule has 0 spiro atoms. The van der Waals surface area contributed by atoms with Crippen molar-refractivity contribution in [3.8, 4) is 11.4 Å². The second kappa shape index (κ2) is 7.14. The lowest BCUT2D eigenvalue weighted by Crippen LogP contribution is -2.19. The first-order valence-electron chi connectivity index (χ1n) is 8.02. The summed E-state index contributed by atoms with van der Waals surface area (Å²) < 4.78 is 0. The quantitative estimate of drug-likeness (QED) is 0.819. The van der Waals surface area contributed by atoms with Crippen molar-refractivity contribution in [2.24, 2.45) is 0 Å². The van der Waals surface area contributed by atoms with Gasteiger partial charge < -0.3 is 4.90 Å². The highest BCUT2D eigenvalue weighted by Gasteiger charge is 2.16. The minimum Gasteiger partial charge on any atom is -0.356 e. The minimum absolute atomic E-state index is 0.616. The molecule has 1 aromatic heterocycles. The Hall–Kier alpha value is -1.55. The van der Waals surface area contributed by atoms with Gasteiger partial charge in [-0.25, -0.2) is 9.97 Å². The lowest BCUT2D eigenvalue weighted by molar-refractivity contribution is 0.921. The van der Waals surface area contributed by atoms with Crippen LogP contribution in [0.5, 0.6) is 0 Å². The highest BCUT2D eigenvalue weighted by atomic mass is 32.2. The van der Waals surface area contributed by atoms with Crippen LogP contribution in [-0.4, -0.2) is 28.3 Å². The molecule has 1 saturated heterocycles. The van der Waals surface area contributed by atoms with Gasteiger partial charge in [-0.3, -0.25) is 0 Å². The standard InChI is InChI=1S/C18H23N3S/c1-14(2)22-13-16-12-17(21-10-6-7-11-21)20-18(19-16)15-8-4-3-5-9-15/h3-5,8-9,12,14H,6-7,10-11,13H2,1-2H3. The smallest absolute Gasteiger partial charge is 0.161 e. The van der Waals surface area contributed by atoms with Gasteiger partial charge in [0.15, 0.2) is 5.82 Å². The third-order valence-corrected chi connectivity index (χ3v) is 4.92. The Morgan fingerprint density at radius 3 is 2.50 bits per heavy atom. The highest BCUT2D eigenvalue weighted by Crippen LogP contribution is 2.25. The van der Waals surface area contributed by atoms with Crippen molar-refractivity contribution in [2.75, 3.05) is 18.0 Å². The van der Waals surface area contributed by atoms with Crippen LogP contribution < -0.4 is 4.90 Å². The van der Waals surface area contributed by atoms with Crippen LogP contribution in [0.3, 0.4) is 0 Å². The molecule has 2 heterocycles. The Balaban J connectivity index is 1.93. The number of thioether (sulfide) groups is 1. The van der Waals surface area contributed by atoms with E-state index in [1.807, 2.05) is 30.0 Å². The molecule has 0 radical (unpaired) electrons. The van der Waals surface area contributed by atoms with Gasteiger partial charge in [-0.05, 0) is 18.1 Å². The Morgan fingerprint density at radius 2 is 1.82 bits per heavy atom. The maximum Gasteiger partial charge on any atom is 0.161 e. The molecule has 0 bridgehead atoms. The Bertz CT molecular complexity index is 607. The van der Waals surface area contributed by atoms with Crippen molar-refractivity contribution in [2.45, 2.75) is 37.7 Å². The normalized spacial score (nSPS) is 14.8. The molecule has 0 unspecified atom stereocenters. The predicted octanol–water partition coefficient (Wildman–Crippen LogP) is 4.39. The van der Waals surface area contributed by atoms with Gasteiger partial charge in [-0.15, -0.1) is 0 Å². The maximum atomic E-state index is 4.82. The second-order valence-corrected chi connectivity index (χ2v) is 7.53. The molecule has 0 N–H and O–H groups in total. The van der Waals surface area contributed by atoms with Gasteiger partial charge in [0.05, 0.1) is 5.69 Å². The zero-order valence-electron chi connectivity index (χ0n) is 13.3. The predicted molar refractivity (Wildman–Crippen MR) is 95.3 cm³/mol. The molecule has 116 valence electrons. The molecule has 3 nitrogen and oxygen atoms in total. The van der Waals surface area contributed by atoms with E-state index < -0.39 is 0 Å². The van der Waals surface area contributed by atoms with Crippen molar-refractivity contribution < 1.29 is 0 Å². The molecule has 1 aromatic carbocycles. The molecule has 4 heteroatoms. The molecule has 0 saturated carbocycles. The van der Waals surface area contributed by atoms with Crippen LogP contribution in [0.2, 0.25) is 0 Å². The van der Waals surface area contributed by atoms with Gasteiger partial charge in [0, 0.05) is 30.5 Å². The van der Waals surface area contributed by atoms with E-state index in [4.69, 9.17) is 9.97 Å². The average molecular weight is 313 g/mol. The second-order valence-electron chi connectivity index (χ2n) is 5.96. The molecule has 2 aromatic rings. The fourth-order valence-electron chi connectivity index (χ4n) is 2.63. The zero-order chi connectivity index (χ0) is 15.4. The minimum atomic E-state index is 0.616.